The molecule has 4 heteroatoms. The number of aromatic nitrogens is 1. The van der Waals surface area contributed by atoms with Gasteiger partial charge in [0.15, 0.2) is 0 Å². The van der Waals surface area contributed by atoms with E-state index in [0.717, 1.165) is 16.5 Å². The Morgan fingerprint density at radius 2 is 1.50 bits per heavy atom. The Hall–Kier alpha value is -3.66. The van der Waals surface area contributed by atoms with E-state index >= 15 is 0 Å². The number of pyridine rings is 1. The zero-order chi connectivity index (χ0) is 19.5. The number of benzene rings is 3. The summed E-state index contributed by atoms with van der Waals surface area (Å²) < 4.78 is 10.9. The van der Waals surface area contributed by atoms with Crippen molar-refractivity contribution in [3.8, 4) is 22.6 Å². The number of fused-ring (bicyclic) bond motifs is 1. The van der Waals surface area contributed by atoms with E-state index in [0.29, 0.717) is 28.3 Å². The van der Waals surface area contributed by atoms with Crippen molar-refractivity contribution in [1.82, 2.24) is 4.98 Å². The average Bonchev–Trinajstić information content (AvgIpc) is 2.78. The van der Waals surface area contributed by atoms with Crippen molar-refractivity contribution in [3.63, 3.8) is 0 Å². The number of hydrogen-bond acceptors (Lipinski definition) is 4. The highest BCUT2D eigenvalue weighted by Gasteiger charge is 2.19. The lowest BCUT2D eigenvalue weighted by Crippen LogP contribution is -2.07. The molecule has 0 fully saturated rings. The van der Waals surface area contributed by atoms with Gasteiger partial charge in [0.25, 0.3) is 0 Å². The minimum Gasteiger partial charge on any atom is -0.497 e. The molecule has 4 nitrogen and oxygen atoms in total. The Morgan fingerprint density at radius 3 is 2.14 bits per heavy atom. The maximum atomic E-state index is 13.3. The molecule has 28 heavy (non-hydrogen) atoms. The van der Waals surface area contributed by atoms with Gasteiger partial charge in [-0.25, -0.2) is 4.98 Å². The number of ketones is 1. The quantitative estimate of drug-likeness (QED) is 0.457. The zero-order valence-corrected chi connectivity index (χ0v) is 15.7. The summed E-state index contributed by atoms with van der Waals surface area (Å²) in [5.41, 5.74) is 3.34. The second kappa shape index (κ2) is 7.53. The predicted molar refractivity (Wildman–Crippen MR) is 110 cm³/mol. The number of nitrogens with zero attached hydrogens (tertiary/aromatic N) is 1. The number of hydrogen-bond donors (Lipinski definition) is 0. The topological polar surface area (TPSA) is 48.4 Å². The lowest BCUT2D eigenvalue weighted by Gasteiger charge is -2.14. The summed E-state index contributed by atoms with van der Waals surface area (Å²) in [6.07, 6.45) is 0. The standard InChI is InChI=1S/C24H19NO3/c1-27-18-13-21-20(22(14-18)28-2)15-19(16-9-5-3-6-10-16)23(25-21)24(26)17-11-7-4-8-12-17/h3-15H,1-2H3. The van der Waals surface area contributed by atoms with E-state index in [9.17, 15) is 4.79 Å². The second-order valence-corrected chi connectivity index (χ2v) is 6.34. The molecule has 138 valence electrons. The van der Waals surface area contributed by atoms with Crippen LogP contribution in [0.4, 0.5) is 0 Å². The van der Waals surface area contributed by atoms with Crippen molar-refractivity contribution in [3.05, 3.63) is 90.1 Å². The molecule has 0 aliphatic rings. The first-order valence-electron chi connectivity index (χ1n) is 8.93. The molecule has 1 heterocycles. The maximum Gasteiger partial charge on any atom is 0.212 e. The van der Waals surface area contributed by atoms with Crippen LogP contribution in [0, 0.1) is 0 Å². The lowest BCUT2D eigenvalue weighted by atomic mass is 9.96. The van der Waals surface area contributed by atoms with Crippen molar-refractivity contribution < 1.29 is 14.3 Å². The van der Waals surface area contributed by atoms with Crippen LogP contribution in [-0.2, 0) is 0 Å². The van der Waals surface area contributed by atoms with Crippen LogP contribution >= 0.6 is 0 Å². The van der Waals surface area contributed by atoms with Gasteiger partial charge in [0, 0.05) is 28.6 Å². The monoisotopic (exact) mass is 369 g/mol. The summed E-state index contributed by atoms with van der Waals surface area (Å²) >= 11 is 0. The Bertz CT molecular complexity index is 1140. The number of carbonyl (C=O) groups is 1. The SMILES string of the molecule is COc1cc(OC)c2cc(-c3ccccc3)c(C(=O)c3ccccc3)nc2c1. The Balaban J connectivity index is 2.02. The summed E-state index contributed by atoms with van der Waals surface area (Å²) in [6.45, 7) is 0. The van der Waals surface area contributed by atoms with E-state index in [1.165, 1.54) is 0 Å². The molecular weight excluding hydrogens is 350 g/mol. The lowest BCUT2D eigenvalue weighted by molar-refractivity contribution is 0.103. The van der Waals surface area contributed by atoms with Crippen molar-refractivity contribution in [2.24, 2.45) is 0 Å². The highest BCUT2D eigenvalue weighted by Crippen LogP contribution is 2.35. The maximum absolute atomic E-state index is 13.3. The first-order chi connectivity index (χ1) is 13.7. The van der Waals surface area contributed by atoms with Crippen molar-refractivity contribution in [1.29, 1.82) is 0 Å². The van der Waals surface area contributed by atoms with Crippen molar-refractivity contribution in [2.45, 2.75) is 0 Å². The molecule has 0 aliphatic heterocycles. The number of rotatable bonds is 5. The van der Waals surface area contributed by atoms with Gasteiger partial charge in [0.2, 0.25) is 5.78 Å². The molecule has 0 N–H and O–H groups in total. The van der Waals surface area contributed by atoms with Gasteiger partial charge in [0.1, 0.15) is 17.2 Å². The third-order valence-electron chi connectivity index (χ3n) is 4.66. The molecule has 1 aromatic heterocycles. The highest BCUT2D eigenvalue weighted by atomic mass is 16.5. The van der Waals surface area contributed by atoms with Crippen LogP contribution in [0.25, 0.3) is 22.0 Å². The molecule has 0 bridgehead atoms. The van der Waals surface area contributed by atoms with E-state index < -0.39 is 0 Å². The van der Waals surface area contributed by atoms with Gasteiger partial charge in [-0.2, -0.15) is 0 Å². The largest absolute Gasteiger partial charge is 0.497 e. The molecule has 0 radical (unpaired) electrons. The minimum absolute atomic E-state index is 0.122. The molecule has 4 rings (SSSR count). The summed E-state index contributed by atoms with van der Waals surface area (Å²) in [5.74, 6) is 1.16. The first kappa shape index (κ1) is 17.7. The minimum atomic E-state index is -0.122. The zero-order valence-electron chi connectivity index (χ0n) is 15.7. The van der Waals surface area contributed by atoms with Crippen molar-refractivity contribution >= 4 is 16.7 Å². The van der Waals surface area contributed by atoms with Crippen LogP contribution in [0.5, 0.6) is 11.5 Å². The van der Waals surface area contributed by atoms with Crippen LogP contribution in [0.15, 0.2) is 78.9 Å². The Morgan fingerprint density at radius 1 is 0.821 bits per heavy atom. The summed E-state index contributed by atoms with van der Waals surface area (Å²) in [4.78, 5) is 18.0. The molecule has 0 atom stereocenters. The van der Waals surface area contributed by atoms with E-state index in [-0.39, 0.29) is 5.78 Å². The van der Waals surface area contributed by atoms with Crippen molar-refractivity contribution in [2.75, 3.05) is 14.2 Å². The van der Waals surface area contributed by atoms with Gasteiger partial charge in [-0.15, -0.1) is 0 Å². The fourth-order valence-corrected chi connectivity index (χ4v) is 3.24. The van der Waals surface area contributed by atoms with Crippen LogP contribution in [0.1, 0.15) is 16.1 Å². The molecule has 4 aromatic rings. The number of carbonyl (C=O) groups excluding carboxylic acids is 1. The smallest absolute Gasteiger partial charge is 0.212 e. The Kier molecular flexibility index (Phi) is 4.77. The molecule has 0 amide bonds. The number of ether oxygens (including phenoxy) is 2. The van der Waals surface area contributed by atoms with Gasteiger partial charge in [-0.3, -0.25) is 4.79 Å². The molecule has 0 aliphatic carbocycles. The van der Waals surface area contributed by atoms with E-state index in [2.05, 4.69) is 0 Å². The van der Waals surface area contributed by atoms with E-state index in [4.69, 9.17) is 14.5 Å². The second-order valence-electron chi connectivity index (χ2n) is 6.34. The fourth-order valence-electron chi connectivity index (χ4n) is 3.24. The first-order valence-corrected chi connectivity index (χ1v) is 8.93. The van der Waals surface area contributed by atoms with Gasteiger partial charge < -0.3 is 9.47 Å². The third-order valence-corrected chi connectivity index (χ3v) is 4.66. The van der Waals surface area contributed by atoms with Crippen LogP contribution in [-0.4, -0.2) is 25.0 Å². The molecule has 0 spiro atoms. The van der Waals surface area contributed by atoms with Gasteiger partial charge in [-0.05, 0) is 11.6 Å². The summed E-state index contributed by atoms with van der Waals surface area (Å²) in [6, 6.07) is 24.6. The average molecular weight is 369 g/mol. The van der Waals surface area contributed by atoms with Crippen LogP contribution < -0.4 is 9.47 Å². The third kappa shape index (κ3) is 3.21. The Labute approximate surface area is 163 Å². The number of methoxy groups -OCH3 is 2. The van der Waals surface area contributed by atoms with Crippen LogP contribution in [0.3, 0.4) is 0 Å². The van der Waals surface area contributed by atoms with Gasteiger partial charge >= 0.3 is 0 Å². The van der Waals surface area contributed by atoms with Gasteiger partial charge in [0.05, 0.1) is 19.7 Å². The molecule has 0 saturated carbocycles. The summed E-state index contributed by atoms with van der Waals surface area (Å²) in [7, 11) is 3.20. The van der Waals surface area contributed by atoms with E-state index in [1.54, 1.807) is 26.4 Å². The van der Waals surface area contributed by atoms with E-state index in [1.807, 2.05) is 66.7 Å². The highest BCUT2D eigenvalue weighted by molar-refractivity contribution is 6.13. The molecule has 3 aromatic carbocycles. The van der Waals surface area contributed by atoms with Crippen LogP contribution in [0.2, 0.25) is 0 Å². The predicted octanol–water partition coefficient (Wildman–Crippen LogP) is 5.15. The molecule has 0 unspecified atom stereocenters. The summed E-state index contributed by atoms with van der Waals surface area (Å²) in [5, 5.41) is 0.826. The normalized spacial score (nSPS) is 10.6. The van der Waals surface area contributed by atoms with Gasteiger partial charge in [-0.1, -0.05) is 60.7 Å². The molecular formula is C24H19NO3. The molecule has 0 saturated heterocycles. The fraction of sp³-hybridized carbons (Fsp3) is 0.0833.